The van der Waals surface area contributed by atoms with Crippen LogP contribution in [0.4, 0.5) is 10.5 Å². The van der Waals surface area contributed by atoms with E-state index in [0.29, 0.717) is 34.2 Å². The van der Waals surface area contributed by atoms with E-state index >= 15 is 0 Å². The van der Waals surface area contributed by atoms with Gasteiger partial charge >= 0.3 is 6.09 Å². The second kappa shape index (κ2) is 12.4. The summed E-state index contributed by atoms with van der Waals surface area (Å²) in [6.45, 7) is 9.20. The molecule has 0 saturated heterocycles. The van der Waals surface area contributed by atoms with E-state index < -0.39 is 27.6 Å². The van der Waals surface area contributed by atoms with Gasteiger partial charge in [0, 0.05) is 22.2 Å². The lowest BCUT2D eigenvalue weighted by Gasteiger charge is -2.20. The van der Waals surface area contributed by atoms with E-state index in [1.54, 1.807) is 50.5 Å². The fourth-order valence-corrected chi connectivity index (χ4v) is 4.31. The molecule has 0 aliphatic rings. The molecule has 0 spiro atoms. The summed E-state index contributed by atoms with van der Waals surface area (Å²) in [5, 5.41) is 4.11. The molecule has 1 aromatic carbocycles. The minimum Gasteiger partial charge on any atom is -0.444 e. The predicted octanol–water partition coefficient (Wildman–Crippen LogP) is 5.67. The number of hydrogen-bond acceptors (Lipinski definition) is 6. The molecular formula is C24H30Cl2N4O5S. The first-order valence-corrected chi connectivity index (χ1v) is 13.4. The van der Waals surface area contributed by atoms with Crippen LogP contribution < -0.4 is 10.0 Å². The van der Waals surface area contributed by atoms with E-state index in [1.807, 2.05) is 11.6 Å². The Kier molecular flexibility index (Phi) is 10.2. The number of aromatic nitrogens is 2. The first-order valence-electron chi connectivity index (χ1n) is 11.1. The molecule has 1 aromatic heterocycles. The lowest BCUT2D eigenvalue weighted by atomic mass is 10.2. The van der Waals surface area contributed by atoms with Crippen LogP contribution in [-0.4, -0.2) is 35.6 Å². The highest BCUT2D eigenvalue weighted by molar-refractivity contribution is 7.92. The highest BCUT2D eigenvalue weighted by atomic mass is 35.5. The number of carbonyl (C=O) groups is 2. The van der Waals surface area contributed by atoms with Crippen molar-refractivity contribution in [2.75, 3.05) is 5.32 Å². The quantitative estimate of drug-likeness (QED) is 0.384. The van der Waals surface area contributed by atoms with Crippen molar-refractivity contribution in [3.8, 4) is 0 Å². The van der Waals surface area contributed by atoms with Crippen molar-refractivity contribution in [1.29, 1.82) is 0 Å². The molecule has 2 amide bonds. The third kappa shape index (κ3) is 9.33. The molecule has 9 nitrogen and oxygen atoms in total. The summed E-state index contributed by atoms with van der Waals surface area (Å²) < 4.78 is 32.8. The number of unbranched alkanes of at least 4 members (excludes halogenated alkanes) is 1. The number of hydrogen-bond donors (Lipinski definition) is 2. The average Bonchev–Trinajstić information content (AvgIpc) is 2.99. The molecule has 0 aliphatic heterocycles. The maximum Gasteiger partial charge on any atom is 0.412 e. The second-order valence-electron chi connectivity index (χ2n) is 8.86. The standard InChI is InChI=1S/C24H30Cl2N4O5S/c1-6-7-8-13-36(33,34)29-21(31)12-11-20-22(26)27-16(2)30(20)15-17-9-10-18(14-19(17)25)28-23(32)35-24(3,4)5/h8-14H,6-7,15H2,1-5H3,(H,28,32)(H,29,31)/b12-11+,13-8+. The van der Waals surface area contributed by atoms with Gasteiger partial charge in [-0.15, -0.1) is 0 Å². The molecular weight excluding hydrogens is 527 g/mol. The second-order valence-corrected chi connectivity index (χ2v) is 11.2. The number of sulfonamides is 1. The van der Waals surface area contributed by atoms with Crippen molar-refractivity contribution in [2.24, 2.45) is 0 Å². The lowest BCUT2D eigenvalue weighted by Crippen LogP contribution is -2.27. The van der Waals surface area contributed by atoms with Gasteiger partial charge in [0.1, 0.15) is 11.4 Å². The van der Waals surface area contributed by atoms with Gasteiger partial charge in [0.05, 0.1) is 12.2 Å². The lowest BCUT2D eigenvalue weighted by molar-refractivity contribution is -0.114. The highest BCUT2D eigenvalue weighted by Crippen LogP contribution is 2.26. The normalized spacial score (nSPS) is 12.3. The van der Waals surface area contributed by atoms with E-state index in [-0.39, 0.29) is 11.7 Å². The van der Waals surface area contributed by atoms with E-state index in [0.717, 1.165) is 17.9 Å². The predicted molar refractivity (Wildman–Crippen MR) is 143 cm³/mol. The zero-order chi connectivity index (χ0) is 27.1. The summed E-state index contributed by atoms with van der Waals surface area (Å²) in [5.74, 6) is -0.268. The summed E-state index contributed by atoms with van der Waals surface area (Å²) in [6, 6.07) is 5.01. The molecule has 36 heavy (non-hydrogen) atoms. The van der Waals surface area contributed by atoms with Crippen LogP contribution in [0.25, 0.3) is 6.08 Å². The third-order valence-electron chi connectivity index (χ3n) is 4.55. The number of carbonyl (C=O) groups excluding carboxylic acids is 2. The number of nitrogens with one attached hydrogen (secondary N) is 2. The van der Waals surface area contributed by atoms with E-state index in [4.69, 9.17) is 27.9 Å². The Morgan fingerprint density at radius 3 is 2.53 bits per heavy atom. The molecule has 2 N–H and O–H groups in total. The number of imidazole rings is 1. The van der Waals surface area contributed by atoms with Crippen LogP contribution in [-0.2, 0) is 26.1 Å². The summed E-state index contributed by atoms with van der Waals surface area (Å²) in [6.07, 6.45) is 4.70. The topological polar surface area (TPSA) is 119 Å². The first-order chi connectivity index (χ1) is 16.7. The maximum atomic E-state index is 12.2. The summed E-state index contributed by atoms with van der Waals surface area (Å²) in [4.78, 5) is 28.4. The van der Waals surface area contributed by atoms with Crippen molar-refractivity contribution in [3.63, 3.8) is 0 Å². The minimum absolute atomic E-state index is 0.140. The Balaban J connectivity index is 2.18. The van der Waals surface area contributed by atoms with Gasteiger partial charge < -0.3 is 9.30 Å². The number of nitrogens with zero attached hydrogens (tertiary/aromatic N) is 2. The van der Waals surface area contributed by atoms with Gasteiger partial charge in [-0.3, -0.25) is 10.1 Å². The number of benzene rings is 1. The van der Waals surface area contributed by atoms with Crippen LogP contribution in [0.1, 0.15) is 57.6 Å². The Bertz CT molecular complexity index is 1280. The van der Waals surface area contributed by atoms with Crippen molar-refractivity contribution < 1.29 is 22.7 Å². The highest BCUT2D eigenvalue weighted by Gasteiger charge is 2.17. The van der Waals surface area contributed by atoms with Gasteiger partial charge in [0.2, 0.25) is 0 Å². The fourth-order valence-electron chi connectivity index (χ4n) is 2.97. The first kappa shape index (κ1) is 29.4. The van der Waals surface area contributed by atoms with Crippen molar-refractivity contribution in [2.45, 2.75) is 59.6 Å². The zero-order valence-corrected chi connectivity index (χ0v) is 23.1. The van der Waals surface area contributed by atoms with Gasteiger partial charge in [-0.2, -0.15) is 0 Å². The van der Waals surface area contributed by atoms with Crippen LogP contribution >= 0.6 is 23.2 Å². The van der Waals surface area contributed by atoms with Gasteiger partial charge in [-0.05, 0) is 57.9 Å². The zero-order valence-electron chi connectivity index (χ0n) is 20.8. The number of rotatable bonds is 9. The Hall–Kier alpha value is -2.82. The van der Waals surface area contributed by atoms with E-state index in [1.165, 1.54) is 12.2 Å². The van der Waals surface area contributed by atoms with Crippen LogP contribution in [0.3, 0.4) is 0 Å². The van der Waals surface area contributed by atoms with Gasteiger partial charge in [-0.25, -0.2) is 22.9 Å². The van der Waals surface area contributed by atoms with Gasteiger partial charge in [-0.1, -0.05) is 48.7 Å². The van der Waals surface area contributed by atoms with Crippen LogP contribution in [0, 0.1) is 6.92 Å². The molecule has 196 valence electrons. The maximum absolute atomic E-state index is 12.2. The van der Waals surface area contributed by atoms with Crippen molar-refractivity contribution >= 4 is 57.0 Å². The number of halogens is 2. The Labute approximate surface area is 221 Å². The molecule has 0 radical (unpaired) electrons. The SMILES string of the molecule is CCC/C=C/S(=O)(=O)NC(=O)/C=C/c1c(Cl)nc(C)n1Cc1ccc(NC(=O)OC(C)(C)C)cc1Cl. The van der Waals surface area contributed by atoms with Gasteiger partial charge in [0.15, 0.2) is 5.15 Å². The Morgan fingerprint density at radius 2 is 1.92 bits per heavy atom. The van der Waals surface area contributed by atoms with Crippen LogP contribution in [0.5, 0.6) is 0 Å². The molecule has 0 bridgehead atoms. The number of anilines is 1. The van der Waals surface area contributed by atoms with E-state index in [2.05, 4.69) is 10.3 Å². The molecule has 2 rings (SSSR count). The smallest absolute Gasteiger partial charge is 0.412 e. The number of allylic oxidation sites excluding steroid dienone is 1. The molecule has 2 aromatic rings. The molecule has 0 saturated carbocycles. The summed E-state index contributed by atoms with van der Waals surface area (Å²) in [7, 11) is -3.89. The molecule has 0 aliphatic carbocycles. The summed E-state index contributed by atoms with van der Waals surface area (Å²) in [5.41, 5.74) is 0.925. The molecule has 0 atom stereocenters. The van der Waals surface area contributed by atoms with Crippen molar-refractivity contribution in [3.05, 3.63) is 63.0 Å². The molecule has 0 fully saturated rings. The Morgan fingerprint density at radius 1 is 1.22 bits per heavy atom. The minimum atomic E-state index is -3.89. The van der Waals surface area contributed by atoms with Crippen molar-refractivity contribution in [1.82, 2.24) is 14.3 Å². The number of aryl methyl sites for hydroxylation is 1. The number of amides is 2. The third-order valence-corrected chi connectivity index (χ3v) is 6.21. The summed E-state index contributed by atoms with van der Waals surface area (Å²) >= 11 is 12.7. The number of ether oxygens (including phenoxy) is 1. The molecule has 0 unspecified atom stereocenters. The van der Waals surface area contributed by atoms with Gasteiger partial charge in [0.25, 0.3) is 15.9 Å². The average molecular weight is 558 g/mol. The van der Waals surface area contributed by atoms with Crippen LogP contribution in [0.15, 0.2) is 35.8 Å². The molecule has 1 heterocycles. The van der Waals surface area contributed by atoms with E-state index in [9.17, 15) is 18.0 Å². The monoisotopic (exact) mass is 556 g/mol. The molecule has 12 heteroatoms. The fraction of sp³-hybridized carbons (Fsp3) is 0.375. The van der Waals surface area contributed by atoms with Crippen LogP contribution in [0.2, 0.25) is 10.2 Å². The largest absolute Gasteiger partial charge is 0.444 e.